The number of likely N-dealkylation sites (tertiary alicyclic amines) is 1. The molecule has 1 aliphatic heterocycles. The molecule has 23 heavy (non-hydrogen) atoms. The largest absolute Gasteiger partial charge is 0.497 e. The fraction of sp³-hybridized carbons (Fsp3) is 0.375. The molecule has 5 nitrogen and oxygen atoms in total. The molecule has 1 aromatic carbocycles. The van der Waals surface area contributed by atoms with Gasteiger partial charge in [-0.1, -0.05) is 12.1 Å². The molecule has 1 saturated heterocycles. The van der Waals surface area contributed by atoms with Gasteiger partial charge in [0.05, 0.1) is 13.2 Å². The Kier molecular flexibility index (Phi) is 5.98. The first kappa shape index (κ1) is 17.7. The van der Waals surface area contributed by atoms with Crippen molar-refractivity contribution in [2.75, 3.05) is 13.7 Å². The molecule has 2 N–H and O–H groups in total. The average Bonchev–Trinajstić information content (AvgIpc) is 3.23. The zero-order chi connectivity index (χ0) is 15.5. The van der Waals surface area contributed by atoms with Crippen LogP contribution < -0.4 is 10.5 Å². The van der Waals surface area contributed by atoms with Crippen molar-refractivity contribution in [2.24, 2.45) is 5.73 Å². The number of carbonyl (C=O) groups excluding carboxylic acids is 1. The van der Waals surface area contributed by atoms with Crippen molar-refractivity contribution in [1.29, 1.82) is 0 Å². The molecule has 1 amide bonds. The number of hydrogen-bond donors (Lipinski definition) is 1. The molecule has 3 rings (SSSR count). The minimum atomic E-state index is -0.00531. The van der Waals surface area contributed by atoms with Crippen LogP contribution in [0.4, 0.5) is 0 Å². The lowest BCUT2D eigenvalue weighted by Crippen LogP contribution is -2.30. The number of benzene rings is 1. The number of hydrogen-bond acceptors (Lipinski definition) is 5. The highest BCUT2D eigenvalue weighted by atomic mass is 35.5. The summed E-state index contributed by atoms with van der Waals surface area (Å²) in [6.07, 6.45) is 1.99. The van der Waals surface area contributed by atoms with Gasteiger partial charge in [-0.25, -0.2) is 4.98 Å². The average molecular weight is 354 g/mol. The molecular formula is C16H20ClN3O2S. The molecule has 0 radical (unpaired) electrons. The Labute approximate surface area is 145 Å². The van der Waals surface area contributed by atoms with Crippen LogP contribution >= 0.6 is 23.7 Å². The number of rotatable bonds is 4. The van der Waals surface area contributed by atoms with E-state index in [1.807, 2.05) is 29.2 Å². The number of thiazole rings is 1. The summed E-state index contributed by atoms with van der Waals surface area (Å²) in [7, 11) is 1.65. The third kappa shape index (κ3) is 3.65. The van der Waals surface area contributed by atoms with Crippen LogP contribution in [-0.4, -0.2) is 29.4 Å². The van der Waals surface area contributed by atoms with Gasteiger partial charge in [-0.15, -0.1) is 23.7 Å². The molecule has 1 atom stereocenters. The van der Waals surface area contributed by atoms with E-state index in [4.69, 9.17) is 10.5 Å². The summed E-state index contributed by atoms with van der Waals surface area (Å²) in [5.41, 5.74) is 7.22. The highest BCUT2D eigenvalue weighted by Crippen LogP contribution is 2.34. The first-order valence-corrected chi connectivity index (χ1v) is 8.20. The zero-order valence-corrected chi connectivity index (χ0v) is 14.5. The predicted octanol–water partition coefficient (Wildman–Crippen LogP) is 3.01. The molecule has 1 aliphatic rings. The molecule has 2 aromatic rings. The van der Waals surface area contributed by atoms with Crippen molar-refractivity contribution in [3.05, 3.63) is 45.9 Å². The van der Waals surface area contributed by atoms with Gasteiger partial charge in [0.15, 0.2) is 0 Å². The molecule has 0 spiro atoms. The SMILES string of the molecule is COc1ccc(C2CCCN2C(=O)c2csc(CN)n2)cc1.Cl. The van der Waals surface area contributed by atoms with Gasteiger partial charge in [-0.2, -0.15) is 0 Å². The summed E-state index contributed by atoms with van der Waals surface area (Å²) in [4.78, 5) is 18.9. The number of ether oxygens (including phenoxy) is 1. The molecular weight excluding hydrogens is 334 g/mol. The van der Waals surface area contributed by atoms with Gasteiger partial charge in [0, 0.05) is 18.5 Å². The lowest BCUT2D eigenvalue weighted by Gasteiger charge is -2.24. The van der Waals surface area contributed by atoms with E-state index in [1.54, 1.807) is 12.5 Å². The van der Waals surface area contributed by atoms with E-state index >= 15 is 0 Å². The van der Waals surface area contributed by atoms with E-state index in [-0.39, 0.29) is 24.4 Å². The van der Waals surface area contributed by atoms with E-state index in [2.05, 4.69) is 4.98 Å². The number of aromatic nitrogens is 1. The van der Waals surface area contributed by atoms with Crippen molar-refractivity contribution in [1.82, 2.24) is 9.88 Å². The van der Waals surface area contributed by atoms with Crippen LogP contribution in [0, 0.1) is 0 Å². The maximum absolute atomic E-state index is 12.7. The number of amides is 1. The fourth-order valence-corrected chi connectivity index (χ4v) is 3.48. The lowest BCUT2D eigenvalue weighted by atomic mass is 10.0. The van der Waals surface area contributed by atoms with Gasteiger partial charge in [-0.05, 0) is 30.5 Å². The molecule has 2 heterocycles. The highest BCUT2D eigenvalue weighted by Gasteiger charge is 2.31. The predicted molar refractivity (Wildman–Crippen MR) is 93.3 cm³/mol. The minimum Gasteiger partial charge on any atom is -0.497 e. The van der Waals surface area contributed by atoms with E-state index < -0.39 is 0 Å². The second-order valence-corrected chi connectivity index (χ2v) is 6.20. The van der Waals surface area contributed by atoms with Crippen molar-refractivity contribution in [2.45, 2.75) is 25.4 Å². The topological polar surface area (TPSA) is 68.5 Å². The second kappa shape index (κ2) is 7.77. The summed E-state index contributed by atoms with van der Waals surface area (Å²) >= 11 is 1.44. The van der Waals surface area contributed by atoms with Crippen LogP contribution in [0.3, 0.4) is 0 Å². The number of methoxy groups -OCH3 is 1. The van der Waals surface area contributed by atoms with Crippen LogP contribution in [0.15, 0.2) is 29.6 Å². The van der Waals surface area contributed by atoms with Gasteiger partial charge in [0.2, 0.25) is 0 Å². The number of nitrogens with two attached hydrogens (primary N) is 1. The van der Waals surface area contributed by atoms with Gasteiger partial charge in [-0.3, -0.25) is 4.79 Å². The number of halogens is 1. The standard InChI is InChI=1S/C16H19N3O2S.ClH/c1-21-12-6-4-11(5-7-12)14-3-2-8-19(14)16(20)13-10-22-15(9-17)18-13;/h4-7,10,14H,2-3,8-9,17H2,1H3;1H. The summed E-state index contributed by atoms with van der Waals surface area (Å²) in [5.74, 6) is 0.820. The molecule has 1 fully saturated rings. The monoisotopic (exact) mass is 353 g/mol. The Morgan fingerprint density at radius 1 is 1.43 bits per heavy atom. The van der Waals surface area contributed by atoms with Gasteiger partial charge < -0.3 is 15.4 Å². The third-order valence-electron chi connectivity index (χ3n) is 3.96. The molecule has 1 unspecified atom stereocenters. The molecule has 0 bridgehead atoms. The van der Waals surface area contributed by atoms with E-state index in [1.165, 1.54) is 11.3 Å². The summed E-state index contributed by atoms with van der Waals surface area (Å²) in [6, 6.07) is 8.04. The Balaban J connectivity index is 0.00000192. The van der Waals surface area contributed by atoms with Crippen LogP contribution in [0.5, 0.6) is 5.75 Å². The Morgan fingerprint density at radius 3 is 2.78 bits per heavy atom. The van der Waals surface area contributed by atoms with Crippen LogP contribution in [-0.2, 0) is 6.54 Å². The Bertz CT molecular complexity index is 660. The number of nitrogens with zero attached hydrogens (tertiary/aromatic N) is 2. The van der Waals surface area contributed by atoms with Crippen molar-refractivity contribution >= 4 is 29.7 Å². The molecule has 0 aliphatic carbocycles. The maximum Gasteiger partial charge on any atom is 0.273 e. The summed E-state index contributed by atoms with van der Waals surface area (Å²) in [6.45, 7) is 1.14. The van der Waals surface area contributed by atoms with E-state index in [0.717, 1.165) is 35.7 Å². The smallest absolute Gasteiger partial charge is 0.273 e. The fourth-order valence-electron chi connectivity index (χ4n) is 2.83. The molecule has 1 aromatic heterocycles. The molecule has 7 heteroatoms. The molecule has 124 valence electrons. The van der Waals surface area contributed by atoms with Gasteiger partial charge >= 0.3 is 0 Å². The summed E-state index contributed by atoms with van der Waals surface area (Å²) < 4.78 is 5.19. The number of carbonyl (C=O) groups is 1. The van der Waals surface area contributed by atoms with Crippen molar-refractivity contribution in [3.63, 3.8) is 0 Å². The first-order valence-electron chi connectivity index (χ1n) is 7.32. The summed E-state index contributed by atoms with van der Waals surface area (Å²) in [5, 5.41) is 2.59. The normalized spacial score (nSPS) is 17.0. The quantitative estimate of drug-likeness (QED) is 0.917. The molecule has 0 saturated carbocycles. The highest BCUT2D eigenvalue weighted by molar-refractivity contribution is 7.09. The Morgan fingerprint density at radius 2 is 2.17 bits per heavy atom. The lowest BCUT2D eigenvalue weighted by molar-refractivity contribution is 0.0730. The van der Waals surface area contributed by atoms with E-state index in [0.29, 0.717) is 12.2 Å². The third-order valence-corrected chi connectivity index (χ3v) is 4.83. The first-order chi connectivity index (χ1) is 10.7. The van der Waals surface area contributed by atoms with Gasteiger partial charge in [0.1, 0.15) is 16.5 Å². The van der Waals surface area contributed by atoms with Crippen LogP contribution in [0.1, 0.15) is 39.9 Å². The maximum atomic E-state index is 12.7. The second-order valence-electron chi connectivity index (χ2n) is 5.26. The van der Waals surface area contributed by atoms with E-state index in [9.17, 15) is 4.79 Å². The zero-order valence-electron chi connectivity index (χ0n) is 12.9. The van der Waals surface area contributed by atoms with Crippen molar-refractivity contribution in [3.8, 4) is 5.75 Å². The van der Waals surface area contributed by atoms with Crippen LogP contribution in [0.25, 0.3) is 0 Å². The Hall–Kier alpha value is -1.63. The van der Waals surface area contributed by atoms with Crippen LogP contribution in [0.2, 0.25) is 0 Å². The minimum absolute atomic E-state index is 0. The van der Waals surface area contributed by atoms with Crippen molar-refractivity contribution < 1.29 is 9.53 Å². The van der Waals surface area contributed by atoms with Gasteiger partial charge in [0.25, 0.3) is 5.91 Å².